The number of carbonyl (C=O) groups is 2. The molecule has 24 heavy (non-hydrogen) atoms. The predicted molar refractivity (Wildman–Crippen MR) is 83.3 cm³/mol. The zero-order valence-electron chi connectivity index (χ0n) is 13.3. The summed E-state index contributed by atoms with van der Waals surface area (Å²) in [5.41, 5.74) is 1.95. The van der Waals surface area contributed by atoms with Gasteiger partial charge in [-0.15, -0.1) is 0 Å². The molecule has 2 fully saturated rings. The summed E-state index contributed by atoms with van der Waals surface area (Å²) in [4.78, 5) is 23.5. The molecule has 1 aliphatic carbocycles. The van der Waals surface area contributed by atoms with E-state index in [1.54, 1.807) is 12.1 Å². The van der Waals surface area contributed by atoms with Crippen LogP contribution >= 0.6 is 0 Å². The van der Waals surface area contributed by atoms with Gasteiger partial charge in [-0.1, -0.05) is 17.7 Å². The number of amides is 1. The van der Waals surface area contributed by atoms with E-state index in [9.17, 15) is 18.0 Å². The monoisotopic (exact) mass is 351 g/mol. The second kappa shape index (κ2) is 5.94. The third kappa shape index (κ3) is 2.66. The minimum absolute atomic E-state index is 0.0221. The zero-order chi connectivity index (χ0) is 17.5. The summed E-state index contributed by atoms with van der Waals surface area (Å²) in [5.74, 6) is -0.630. The van der Waals surface area contributed by atoms with Gasteiger partial charge in [-0.25, -0.2) is 13.2 Å². The van der Waals surface area contributed by atoms with Crippen LogP contribution in [0.1, 0.15) is 18.4 Å². The summed E-state index contributed by atoms with van der Waals surface area (Å²) >= 11 is 0. The van der Waals surface area contributed by atoms with Gasteiger partial charge in [0.15, 0.2) is 0 Å². The van der Waals surface area contributed by atoms with Crippen molar-refractivity contribution in [3.63, 3.8) is 0 Å². The highest BCUT2D eigenvalue weighted by molar-refractivity contribution is 7.89. The van der Waals surface area contributed by atoms with Crippen molar-refractivity contribution in [2.45, 2.75) is 24.7 Å². The molecule has 1 saturated heterocycles. The third-order valence-electron chi connectivity index (χ3n) is 4.23. The van der Waals surface area contributed by atoms with E-state index in [1.165, 1.54) is 19.2 Å². The number of hydrogen-bond acceptors (Lipinski definition) is 6. The van der Waals surface area contributed by atoms with Crippen LogP contribution in [0.15, 0.2) is 40.4 Å². The Bertz CT molecular complexity index is 817. The van der Waals surface area contributed by atoms with Crippen LogP contribution in [0.2, 0.25) is 0 Å². The number of esters is 1. The highest BCUT2D eigenvalue weighted by Gasteiger charge is 2.44. The Kier molecular flexibility index (Phi) is 4.08. The van der Waals surface area contributed by atoms with Gasteiger partial charge in [0, 0.05) is 0 Å². The average molecular weight is 351 g/mol. The van der Waals surface area contributed by atoms with Crippen LogP contribution < -0.4 is 0 Å². The molecule has 0 unspecified atom stereocenters. The van der Waals surface area contributed by atoms with Gasteiger partial charge in [-0.3, -0.25) is 4.79 Å². The lowest BCUT2D eigenvalue weighted by Gasteiger charge is -2.29. The summed E-state index contributed by atoms with van der Waals surface area (Å²) in [5, 5.41) is 0. The van der Waals surface area contributed by atoms with Gasteiger partial charge in [-0.2, -0.15) is 4.31 Å². The summed E-state index contributed by atoms with van der Waals surface area (Å²) in [7, 11) is -2.72. The molecule has 1 amide bonds. The van der Waals surface area contributed by atoms with Crippen LogP contribution in [0.25, 0.3) is 0 Å². The first kappa shape index (κ1) is 16.5. The Hall–Kier alpha value is -2.35. The Labute approximate surface area is 139 Å². The number of ether oxygens (including phenoxy) is 2. The molecular weight excluding hydrogens is 334 g/mol. The molecule has 0 bridgehead atoms. The van der Waals surface area contributed by atoms with Gasteiger partial charge in [0.2, 0.25) is 0 Å². The maximum Gasteiger partial charge on any atom is 0.428 e. The number of carbonyl (C=O) groups excluding carboxylic acids is 2. The molecule has 2 aliphatic rings. The van der Waals surface area contributed by atoms with E-state index in [4.69, 9.17) is 4.74 Å². The fourth-order valence-corrected chi connectivity index (χ4v) is 4.18. The Morgan fingerprint density at radius 2 is 1.88 bits per heavy atom. The Morgan fingerprint density at radius 3 is 2.46 bits per heavy atom. The number of methoxy groups -OCH3 is 1. The minimum Gasteiger partial charge on any atom is -0.469 e. The summed E-state index contributed by atoms with van der Waals surface area (Å²) < 4.78 is 35.9. The quantitative estimate of drug-likeness (QED) is 0.774. The zero-order valence-corrected chi connectivity index (χ0v) is 14.1. The topological polar surface area (TPSA) is 90.0 Å². The van der Waals surface area contributed by atoms with Crippen molar-refractivity contribution in [1.29, 1.82) is 0 Å². The van der Waals surface area contributed by atoms with Crippen LogP contribution in [0.3, 0.4) is 0 Å². The molecule has 3 rings (SSSR count). The first-order chi connectivity index (χ1) is 11.3. The molecule has 0 atom stereocenters. The normalized spacial score (nSPS) is 20.7. The van der Waals surface area contributed by atoms with Crippen LogP contribution in [-0.4, -0.2) is 38.5 Å². The Morgan fingerprint density at radius 1 is 1.25 bits per heavy atom. The maximum absolute atomic E-state index is 12.8. The van der Waals surface area contributed by atoms with Gasteiger partial charge >= 0.3 is 12.1 Å². The second-order valence-electron chi connectivity index (χ2n) is 5.82. The molecule has 0 radical (unpaired) electrons. The number of sulfonamides is 1. The van der Waals surface area contributed by atoms with Gasteiger partial charge in [-0.05, 0) is 37.5 Å². The molecule has 1 aromatic carbocycles. The molecule has 7 nitrogen and oxygen atoms in total. The molecular formula is C16H17NO6S. The minimum atomic E-state index is -4.03. The number of nitrogens with zero attached hydrogens (tertiary/aromatic N) is 1. The number of benzene rings is 1. The van der Waals surface area contributed by atoms with Crippen LogP contribution in [-0.2, 0) is 24.3 Å². The maximum atomic E-state index is 12.8. The lowest BCUT2D eigenvalue weighted by Crippen LogP contribution is -2.34. The summed E-state index contributed by atoms with van der Waals surface area (Å²) in [6.07, 6.45) is -0.170. The Balaban J connectivity index is 1.92. The van der Waals surface area contributed by atoms with Crippen molar-refractivity contribution >= 4 is 22.1 Å². The van der Waals surface area contributed by atoms with Gasteiger partial charge < -0.3 is 9.47 Å². The van der Waals surface area contributed by atoms with Crippen molar-refractivity contribution < 1.29 is 27.5 Å². The number of cyclic esters (lactones) is 1. The molecule has 1 heterocycles. The highest BCUT2D eigenvalue weighted by atomic mass is 32.2. The SMILES string of the molecule is COC(=O)C1CC(=C2COC(=O)N2S(=O)(=O)c2ccc(C)cc2)C1. The van der Waals surface area contributed by atoms with E-state index < -0.39 is 16.1 Å². The van der Waals surface area contributed by atoms with E-state index in [0.717, 1.165) is 11.1 Å². The number of rotatable bonds is 3. The van der Waals surface area contributed by atoms with E-state index in [2.05, 4.69) is 4.74 Å². The number of hydrogen-bond donors (Lipinski definition) is 0. The fourth-order valence-electron chi connectivity index (χ4n) is 2.77. The van der Waals surface area contributed by atoms with Crippen molar-refractivity contribution in [3.05, 3.63) is 41.1 Å². The molecule has 1 aromatic rings. The predicted octanol–water partition coefficient (Wildman–Crippen LogP) is 1.97. The largest absolute Gasteiger partial charge is 0.469 e. The molecule has 1 saturated carbocycles. The lowest BCUT2D eigenvalue weighted by atomic mass is 9.79. The first-order valence-corrected chi connectivity index (χ1v) is 8.86. The van der Waals surface area contributed by atoms with Gasteiger partial charge in [0.25, 0.3) is 10.0 Å². The molecule has 0 aromatic heterocycles. The fraction of sp³-hybridized carbons (Fsp3) is 0.375. The van der Waals surface area contributed by atoms with Gasteiger partial charge in [0.1, 0.15) is 6.61 Å². The van der Waals surface area contributed by atoms with Crippen molar-refractivity contribution in [1.82, 2.24) is 4.31 Å². The van der Waals surface area contributed by atoms with Crippen LogP contribution in [0.4, 0.5) is 4.79 Å². The number of aryl methyl sites for hydroxylation is 1. The molecule has 0 N–H and O–H groups in total. The molecule has 0 spiro atoms. The third-order valence-corrected chi connectivity index (χ3v) is 5.95. The second-order valence-corrected chi connectivity index (χ2v) is 7.60. The molecule has 8 heteroatoms. The van der Waals surface area contributed by atoms with E-state index in [-0.39, 0.29) is 23.4 Å². The van der Waals surface area contributed by atoms with Crippen molar-refractivity contribution in [3.8, 4) is 0 Å². The van der Waals surface area contributed by atoms with Crippen LogP contribution in [0.5, 0.6) is 0 Å². The van der Waals surface area contributed by atoms with E-state index in [1.807, 2.05) is 6.92 Å². The summed E-state index contributed by atoms with van der Waals surface area (Å²) in [6.45, 7) is 1.74. The standard InChI is InChI=1S/C16H17NO6S/c1-10-3-5-13(6-4-10)24(20,21)17-14(9-23-16(17)19)11-7-12(8-11)15(18)22-2/h3-6,12H,7-9H2,1-2H3. The van der Waals surface area contributed by atoms with E-state index >= 15 is 0 Å². The van der Waals surface area contributed by atoms with E-state index in [0.29, 0.717) is 22.8 Å². The first-order valence-electron chi connectivity index (χ1n) is 7.42. The smallest absolute Gasteiger partial charge is 0.428 e. The number of allylic oxidation sites excluding steroid dienone is 1. The lowest BCUT2D eigenvalue weighted by molar-refractivity contribution is -0.146. The van der Waals surface area contributed by atoms with Gasteiger partial charge in [0.05, 0.1) is 23.6 Å². The summed E-state index contributed by atoms with van der Waals surface area (Å²) in [6, 6.07) is 6.24. The highest BCUT2D eigenvalue weighted by Crippen LogP contribution is 2.40. The van der Waals surface area contributed by atoms with Crippen LogP contribution in [0, 0.1) is 12.8 Å². The average Bonchev–Trinajstić information content (AvgIpc) is 2.88. The molecule has 128 valence electrons. The van der Waals surface area contributed by atoms with Crippen molar-refractivity contribution in [2.24, 2.45) is 5.92 Å². The van der Waals surface area contributed by atoms with Crippen molar-refractivity contribution in [2.75, 3.05) is 13.7 Å². The molecule has 1 aliphatic heterocycles.